The number of nitrogens with one attached hydrogen (secondary N) is 1. The molecule has 11 heteroatoms. The van der Waals surface area contributed by atoms with Crippen molar-refractivity contribution in [2.24, 2.45) is 0 Å². The molecule has 1 fully saturated rings. The largest absolute Gasteiger partial charge is 0.416 e. The van der Waals surface area contributed by atoms with E-state index >= 15 is 0 Å². The number of likely N-dealkylation sites (N-methyl/N-ethyl adjacent to an activating group) is 1. The molecule has 0 spiro atoms. The normalized spacial score (nSPS) is 16.6. The lowest BCUT2D eigenvalue weighted by atomic mass is 10.1. The highest BCUT2D eigenvalue weighted by Gasteiger charge is 2.40. The first kappa shape index (κ1) is 21.9. The van der Waals surface area contributed by atoms with Crippen LogP contribution < -0.4 is 15.3 Å². The lowest BCUT2D eigenvalue weighted by Crippen LogP contribution is -2.48. The van der Waals surface area contributed by atoms with Crippen LogP contribution in [0.4, 0.5) is 29.1 Å². The Morgan fingerprint density at radius 1 is 1.30 bits per heavy atom. The number of nitrogens with zero attached hydrogens (tertiary/aromatic N) is 3. The van der Waals surface area contributed by atoms with Crippen LogP contribution in [-0.4, -0.2) is 36.1 Å². The van der Waals surface area contributed by atoms with Gasteiger partial charge >= 0.3 is 6.18 Å². The number of hydrogen-bond donors (Lipinski definition) is 1. The molecule has 0 radical (unpaired) electrons. The van der Waals surface area contributed by atoms with Crippen LogP contribution in [0.1, 0.15) is 17.7 Å². The number of benzene rings is 1. The van der Waals surface area contributed by atoms with E-state index in [9.17, 15) is 27.2 Å². The average Bonchev–Trinajstić information content (AvgIpc) is 3.07. The summed E-state index contributed by atoms with van der Waals surface area (Å²) in [6.07, 6.45) is -3.17. The van der Waals surface area contributed by atoms with E-state index < -0.39 is 35.4 Å². The highest BCUT2D eigenvalue weighted by atomic mass is 32.2. The van der Waals surface area contributed by atoms with Gasteiger partial charge < -0.3 is 4.90 Å². The first-order valence-corrected chi connectivity index (χ1v) is 9.99. The van der Waals surface area contributed by atoms with E-state index in [2.05, 4.69) is 10.4 Å². The number of amides is 2. The topological polar surface area (TPSA) is 65.5 Å². The molecule has 1 unspecified atom stereocenters. The fourth-order valence-electron chi connectivity index (χ4n) is 3.09. The molecule has 30 heavy (non-hydrogen) atoms. The van der Waals surface area contributed by atoms with Gasteiger partial charge in [0.1, 0.15) is 17.7 Å². The molecule has 1 saturated heterocycles. The average molecular weight is 442 g/mol. The van der Waals surface area contributed by atoms with Gasteiger partial charge in [-0.1, -0.05) is 0 Å². The highest BCUT2D eigenvalue weighted by Crippen LogP contribution is 2.33. The summed E-state index contributed by atoms with van der Waals surface area (Å²) in [4.78, 5) is 30.6. The Hall–Kier alpha value is -2.82. The Morgan fingerprint density at radius 2 is 2.00 bits per heavy atom. The van der Waals surface area contributed by atoms with Crippen molar-refractivity contribution in [2.75, 3.05) is 23.2 Å². The van der Waals surface area contributed by atoms with Crippen LogP contribution in [0.5, 0.6) is 0 Å². The van der Waals surface area contributed by atoms with Gasteiger partial charge in [-0.3, -0.25) is 20.0 Å². The molecule has 3 rings (SSSR count). The van der Waals surface area contributed by atoms with Crippen molar-refractivity contribution in [3.05, 3.63) is 47.4 Å². The number of alkyl halides is 3. The molecule has 2 heterocycles. The minimum atomic E-state index is -4.61. The van der Waals surface area contributed by atoms with Crippen molar-refractivity contribution in [3.63, 3.8) is 0 Å². The number of carbonyl (C=O) groups is 2. The zero-order valence-corrected chi connectivity index (χ0v) is 17.1. The number of pyridine rings is 1. The molecule has 6 nitrogen and oxygen atoms in total. The smallest absolute Gasteiger partial charge is 0.314 e. The number of hydrazine groups is 1. The van der Waals surface area contributed by atoms with Gasteiger partial charge in [0.05, 0.1) is 12.0 Å². The molecule has 0 saturated carbocycles. The Morgan fingerprint density at radius 3 is 2.60 bits per heavy atom. The second kappa shape index (κ2) is 8.13. The van der Waals surface area contributed by atoms with Crippen LogP contribution in [0.3, 0.4) is 0 Å². The lowest BCUT2D eigenvalue weighted by molar-refractivity contribution is -0.137. The van der Waals surface area contributed by atoms with Crippen molar-refractivity contribution in [2.45, 2.75) is 30.5 Å². The molecular weight excluding hydrogens is 424 g/mol. The lowest BCUT2D eigenvalue weighted by Gasteiger charge is -2.28. The van der Waals surface area contributed by atoms with Gasteiger partial charge in [0, 0.05) is 23.3 Å². The minimum Gasteiger partial charge on any atom is -0.314 e. The molecular formula is C19H18F4N4O2S. The summed E-state index contributed by atoms with van der Waals surface area (Å²) in [7, 11) is 1.40. The maximum atomic E-state index is 14.1. The predicted molar refractivity (Wildman–Crippen MR) is 105 cm³/mol. The Bertz CT molecular complexity index is 999. The van der Waals surface area contributed by atoms with Gasteiger partial charge in [-0.05, 0) is 43.5 Å². The van der Waals surface area contributed by atoms with E-state index in [4.69, 9.17) is 0 Å². The van der Waals surface area contributed by atoms with Gasteiger partial charge in [0.25, 0.3) is 5.91 Å². The summed E-state index contributed by atoms with van der Waals surface area (Å²) >= 11 is 1.21. The summed E-state index contributed by atoms with van der Waals surface area (Å²) < 4.78 is 53.6. The van der Waals surface area contributed by atoms with E-state index in [0.29, 0.717) is 4.90 Å². The first-order valence-electron chi connectivity index (χ1n) is 8.77. The van der Waals surface area contributed by atoms with Gasteiger partial charge in [-0.15, -0.1) is 11.8 Å². The number of rotatable bonds is 4. The van der Waals surface area contributed by atoms with Crippen molar-refractivity contribution in [1.82, 2.24) is 10.4 Å². The molecule has 1 atom stereocenters. The summed E-state index contributed by atoms with van der Waals surface area (Å²) in [5, 5.41) is 1.02. The zero-order chi connectivity index (χ0) is 22.2. The molecule has 2 aromatic rings. The van der Waals surface area contributed by atoms with Crippen molar-refractivity contribution < 1.29 is 27.2 Å². The molecule has 1 aromatic heterocycles. The van der Waals surface area contributed by atoms with E-state index in [1.807, 2.05) is 0 Å². The van der Waals surface area contributed by atoms with Crippen molar-refractivity contribution >= 4 is 35.1 Å². The van der Waals surface area contributed by atoms with E-state index in [1.165, 1.54) is 37.9 Å². The Labute approximate surface area is 174 Å². The zero-order valence-electron chi connectivity index (χ0n) is 16.2. The van der Waals surface area contributed by atoms with Gasteiger partial charge in [0.15, 0.2) is 0 Å². The third kappa shape index (κ3) is 4.35. The van der Waals surface area contributed by atoms with Crippen LogP contribution in [-0.2, 0) is 15.8 Å². The minimum absolute atomic E-state index is 0.0789. The quantitative estimate of drug-likeness (QED) is 0.580. The molecule has 1 N–H and O–H groups in total. The summed E-state index contributed by atoms with van der Waals surface area (Å²) in [5.41, 5.74) is 1.77. The molecule has 1 aromatic carbocycles. The van der Waals surface area contributed by atoms with E-state index in [0.717, 1.165) is 22.0 Å². The number of hydrogen-bond acceptors (Lipinski definition) is 5. The number of thioether (sulfide) groups is 1. The Kier molecular flexibility index (Phi) is 5.93. The second-order valence-electron chi connectivity index (χ2n) is 6.69. The predicted octanol–water partition coefficient (Wildman–Crippen LogP) is 3.54. The van der Waals surface area contributed by atoms with Crippen LogP contribution in [0.25, 0.3) is 0 Å². The molecule has 1 aliphatic heterocycles. The number of halogens is 4. The number of carbonyl (C=O) groups excluding carboxylic acids is 2. The summed E-state index contributed by atoms with van der Waals surface area (Å²) in [6.45, 7) is 1.38. The van der Waals surface area contributed by atoms with Crippen LogP contribution >= 0.6 is 11.8 Å². The van der Waals surface area contributed by atoms with Crippen LogP contribution in [0.2, 0.25) is 0 Å². The maximum Gasteiger partial charge on any atom is 0.416 e. The molecule has 2 amide bonds. The molecule has 0 bridgehead atoms. The number of anilines is 2. The highest BCUT2D eigenvalue weighted by molar-refractivity contribution is 7.98. The number of aryl methyl sites for hydroxylation is 1. The Balaban J connectivity index is 1.93. The van der Waals surface area contributed by atoms with Crippen molar-refractivity contribution in [3.8, 4) is 0 Å². The van der Waals surface area contributed by atoms with Gasteiger partial charge in [-0.2, -0.15) is 13.2 Å². The third-order valence-corrected chi connectivity index (χ3v) is 5.36. The number of aromatic nitrogens is 1. The molecule has 1 aliphatic rings. The molecule has 160 valence electrons. The van der Waals surface area contributed by atoms with E-state index in [1.54, 1.807) is 12.3 Å². The van der Waals surface area contributed by atoms with E-state index in [-0.39, 0.29) is 23.6 Å². The van der Waals surface area contributed by atoms with Gasteiger partial charge in [-0.25, -0.2) is 9.37 Å². The van der Waals surface area contributed by atoms with Crippen LogP contribution in [0, 0.1) is 12.7 Å². The van der Waals surface area contributed by atoms with Crippen molar-refractivity contribution in [1.29, 1.82) is 0 Å². The van der Waals surface area contributed by atoms with Crippen LogP contribution in [0.15, 0.2) is 35.2 Å². The molecule has 0 aliphatic carbocycles. The third-order valence-electron chi connectivity index (χ3n) is 4.59. The standard InChI is InChI=1S/C19H18F4N4O2S/c1-10-6-11(19(21,22)23)7-16(24-10)27-14(9-17(28)25-27)18(29)26(2)12-4-5-15(30-3)13(20)8-12/h4-8,14H,9H2,1-3H3,(H,25,28). The SMILES string of the molecule is CSc1ccc(N(C)C(=O)C2CC(=O)NN2c2cc(C(F)(F)F)cc(C)n2)cc1F. The monoisotopic (exact) mass is 442 g/mol. The van der Waals surface area contributed by atoms with Gasteiger partial charge in [0.2, 0.25) is 5.91 Å². The summed E-state index contributed by atoms with van der Waals surface area (Å²) in [5.74, 6) is -1.85. The fraction of sp³-hybridized carbons (Fsp3) is 0.316. The fourth-order valence-corrected chi connectivity index (χ4v) is 3.55. The maximum absolute atomic E-state index is 14.1. The second-order valence-corrected chi connectivity index (χ2v) is 7.54. The summed E-state index contributed by atoms with van der Waals surface area (Å²) in [6, 6.07) is 4.76. The first-order chi connectivity index (χ1) is 14.0.